The Kier molecular flexibility index (Phi) is 3.65. The molecule has 1 aliphatic carbocycles. The highest BCUT2D eigenvalue weighted by molar-refractivity contribution is 5.68. The fourth-order valence-corrected chi connectivity index (χ4v) is 3.00. The van der Waals surface area contributed by atoms with Crippen molar-refractivity contribution in [2.45, 2.75) is 12.3 Å². The molecular formula is C21H18N2. The number of imidazole rings is 1. The van der Waals surface area contributed by atoms with Crippen molar-refractivity contribution in [1.82, 2.24) is 9.97 Å². The molecule has 1 atom stereocenters. The van der Waals surface area contributed by atoms with E-state index >= 15 is 0 Å². The second-order valence-corrected chi connectivity index (χ2v) is 5.73. The standard InChI is InChI=1S/C21H18N2/c1-4-10-16(11-5-1)19-20(17-12-6-2-7-13-17)23-21(22-19)18-14-8-3-9-15-18/h1-12,14-15,17H,13H2,(H,22,23). The van der Waals surface area contributed by atoms with Gasteiger partial charge in [-0.3, -0.25) is 0 Å². The molecule has 0 aliphatic heterocycles. The molecule has 1 unspecified atom stereocenters. The molecule has 1 heterocycles. The quantitative estimate of drug-likeness (QED) is 0.694. The largest absolute Gasteiger partial charge is 0.341 e. The summed E-state index contributed by atoms with van der Waals surface area (Å²) in [5.74, 6) is 1.28. The van der Waals surface area contributed by atoms with Crippen molar-refractivity contribution >= 4 is 0 Å². The van der Waals surface area contributed by atoms with E-state index in [1.807, 2.05) is 24.3 Å². The number of hydrogen-bond acceptors (Lipinski definition) is 1. The van der Waals surface area contributed by atoms with E-state index in [0.717, 1.165) is 29.1 Å². The molecule has 1 N–H and O–H groups in total. The first-order valence-corrected chi connectivity index (χ1v) is 7.96. The van der Waals surface area contributed by atoms with Gasteiger partial charge in [-0.25, -0.2) is 4.98 Å². The molecule has 2 heteroatoms. The van der Waals surface area contributed by atoms with Crippen molar-refractivity contribution in [3.63, 3.8) is 0 Å². The van der Waals surface area contributed by atoms with Gasteiger partial charge in [0.25, 0.3) is 0 Å². The normalized spacial score (nSPS) is 16.6. The third-order valence-corrected chi connectivity index (χ3v) is 4.18. The molecule has 2 aromatic carbocycles. The van der Waals surface area contributed by atoms with Crippen molar-refractivity contribution in [3.8, 4) is 22.6 Å². The van der Waals surface area contributed by atoms with Crippen molar-refractivity contribution in [1.29, 1.82) is 0 Å². The van der Waals surface area contributed by atoms with E-state index < -0.39 is 0 Å². The first kappa shape index (κ1) is 13.8. The minimum atomic E-state index is 0.347. The number of hydrogen-bond donors (Lipinski definition) is 1. The maximum absolute atomic E-state index is 4.91. The van der Waals surface area contributed by atoms with Gasteiger partial charge in [0.15, 0.2) is 0 Å². The molecule has 0 fully saturated rings. The molecule has 0 amide bonds. The highest BCUT2D eigenvalue weighted by Crippen LogP contribution is 2.34. The molecular weight excluding hydrogens is 280 g/mol. The van der Waals surface area contributed by atoms with E-state index in [4.69, 9.17) is 4.98 Å². The second-order valence-electron chi connectivity index (χ2n) is 5.73. The summed E-state index contributed by atoms with van der Waals surface area (Å²) in [7, 11) is 0. The number of aromatic amines is 1. The topological polar surface area (TPSA) is 28.7 Å². The summed E-state index contributed by atoms with van der Waals surface area (Å²) in [5, 5.41) is 0. The van der Waals surface area contributed by atoms with Crippen LogP contribution in [0.3, 0.4) is 0 Å². The van der Waals surface area contributed by atoms with Crippen LogP contribution in [0.2, 0.25) is 0 Å². The smallest absolute Gasteiger partial charge is 0.138 e. The first-order chi connectivity index (χ1) is 11.4. The molecule has 2 nitrogen and oxygen atoms in total. The number of aromatic nitrogens is 2. The second kappa shape index (κ2) is 6.09. The van der Waals surface area contributed by atoms with Crippen molar-refractivity contribution < 1.29 is 0 Å². The Labute approximate surface area is 136 Å². The SMILES string of the molecule is C1=CCC(c2[nH]c(-c3ccccc3)nc2-c2ccccc2)C=C1. The lowest BCUT2D eigenvalue weighted by Crippen LogP contribution is -1.99. The molecule has 0 spiro atoms. The van der Waals surface area contributed by atoms with Crippen LogP contribution in [0, 0.1) is 0 Å². The molecule has 4 rings (SSSR count). The average Bonchev–Trinajstić information content (AvgIpc) is 3.09. The Morgan fingerprint density at radius 2 is 1.52 bits per heavy atom. The third kappa shape index (κ3) is 2.76. The summed E-state index contributed by atoms with van der Waals surface area (Å²) in [5.41, 5.74) is 4.51. The lowest BCUT2D eigenvalue weighted by atomic mass is 9.94. The molecule has 0 saturated heterocycles. The van der Waals surface area contributed by atoms with Gasteiger partial charge in [0.1, 0.15) is 5.82 Å². The number of benzene rings is 2. The lowest BCUT2D eigenvalue weighted by Gasteiger charge is -2.13. The summed E-state index contributed by atoms with van der Waals surface area (Å²) < 4.78 is 0. The van der Waals surface area contributed by atoms with Crippen LogP contribution in [0.25, 0.3) is 22.6 Å². The number of H-pyrrole nitrogens is 1. The molecule has 1 aromatic heterocycles. The number of rotatable bonds is 3. The fourth-order valence-electron chi connectivity index (χ4n) is 3.00. The Morgan fingerprint density at radius 3 is 2.17 bits per heavy atom. The van der Waals surface area contributed by atoms with Crippen molar-refractivity contribution in [2.24, 2.45) is 0 Å². The molecule has 1 aliphatic rings. The zero-order valence-electron chi connectivity index (χ0n) is 12.8. The minimum Gasteiger partial charge on any atom is -0.341 e. The maximum atomic E-state index is 4.91. The highest BCUT2D eigenvalue weighted by atomic mass is 14.9. The van der Waals surface area contributed by atoms with E-state index in [1.54, 1.807) is 0 Å². The predicted octanol–water partition coefficient (Wildman–Crippen LogP) is 5.34. The van der Waals surface area contributed by atoms with Gasteiger partial charge < -0.3 is 4.98 Å². The molecule has 0 bridgehead atoms. The van der Waals surface area contributed by atoms with Crippen molar-refractivity contribution in [2.75, 3.05) is 0 Å². The fraction of sp³-hybridized carbons (Fsp3) is 0.0952. The van der Waals surface area contributed by atoms with Gasteiger partial charge >= 0.3 is 0 Å². The van der Waals surface area contributed by atoms with Crippen LogP contribution in [-0.4, -0.2) is 9.97 Å². The number of allylic oxidation sites excluding steroid dienone is 4. The van der Waals surface area contributed by atoms with Crippen LogP contribution < -0.4 is 0 Å². The first-order valence-electron chi connectivity index (χ1n) is 7.96. The number of nitrogens with zero attached hydrogens (tertiary/aromatic N) is 1. The van der Waals surface area contributed by atoms with Crippen LogP contribution in [0.4, 0.5) is 0 Å². The Bertz CT molecular complexity index is 842. The zero-order chi connectivity index (χ0) is 15.5. The summed E-state index contributed by atoms with van der Waals surface area (Å²) in [6.45, 7) is 0. The van der Waals surface area contributed by atoms with Crippen LogP contribution in [-0.2, 0) is 0 Å². The minimum absolute atomic E-state index is 0.347. The molecule has 3 aromatic rings. The van der Waals surface area contributed by atoms with Gasteiger partial charge in [0.05, 0.1) is 11.4 Å². The van der Waals surface area contributed by atoms with E-state index in [1.165, 1.54) is 5.69 Å². The van der Waals surface area contributed by atoms with E-state index in [0.29, 0.717) is 5.92 Å². The van der Waals surface area contributed by atoms with Crippen LogP contribution in [0.5, 0.6) is 0 Å². The van der Waals surface area contributed by atoms with Crippen LogP contribution in [0.1, 0.15) is 18.0 Å². The summed E-state index contributed by atoms with van der Waals surface area (Å²) in [6, 6.07) is 20.7. The highest BCUT2D eigenvalue weighted by Gasteiger charge is 2.19. The lowest BCUT2D eigenvalue weighted by molar-refractivity contribution is 0.827. The van der Waals surface area contributed by atoms with Gasteiger partial charge in [-0.1, -0.05) is 85.0 Å². The maximum Gasteiger partial charge on any atom is 0.138 e. The Hall–Kier alpha value is -2.87. The summed E-state index contributed by atoms with van der Waals surface area (Å²) >= 11 is 0. The number of nitrogens with one attached hydrogen (secondary N) is 1. The van der Waals surface area contributed by atoms with Gasteiger partial charge in [-0.15, -0.1) is 0 Å². The van der Waals surface area contributed by atoms with E-state index in [9.17, 15) is 0 Å². The van der Waals surface area contributed by atoms with Gasteiger partial charge in [-0.2, -0.15) is 0 Å². The summed E-state index contributed by atoms with van der Waals surface area (Å²) in [4.78, 5) is 8.48. The summed E-state index contributed by atoms with van der Waals surface area (Å²) in [6.07, 6.45) is 9.68. The third-order valence-electron chi connectivity index (χ3n) is 4.18. The van der Waals surface area contributed by atoms with Gasteiger partial charge in [0, 0.05) is 17.0 Å². The predicted molar refractivity (Wildman–Crippen MR) is 95.1 cm³/mol. The molecule has 23 heavy (non-hydrogen) atoms. The zero-order valence-corrected chi connectivity index (χ0v) is 12.8. The Morgan fingerprint density at radius 1 is 0.826 bits per heavy atom. The Balaban J connectivity index is 1.84. The van der Waals surface area contributed by atoms with Crippen LogP contribution in [0.15, 0.2) is 85.0 Å². The molecule has 0 saturated carbocycles. The monoisotopic (exact) mass is 298 g/mol. The van der Waals surface area contributed by atoms with Gasteiger partial charge in [0.2, 0.25) is 0 Å². The van der Waals surface area contributed by atoms with Crippen molar-refractivity contribution in [3.05, 3.63) is 90.7 Å². The average molecular weight is 298 g/mol. The van der Waals surface area contributed by atoms with Gasteiger partial charge in [-0.05, 0) is 6.42 Å². The van der Waals surface area contributed by atoms with E-state index in [2.05, 4.69) is 65.7 Å². The van der Waals surface area contributed by atoms with Crippen LogP contribution >= 0.6 is 0 Å². The molecule has 0 radical (unpaired) electrons. The van der Waals surface area contributed by atoms with E-state index in [-0.39, 0.29) is 0 Å². The molecule has 112 valence electrons.